The van der Waals surface area contributed by atoms with E-state index in [1.807, 2.05) is 32.3 Å². The predicted molar refractivity (Wildman–Crippen MR) is 134 cm³/mol. The van der Waals surface area contributed by atoms with Crippen LogP contribution in [0.3, 0.4) is 0 Å². The molecule has 2 fully saturated rings. The molecule has 1 aromatic rings. The summed E-state index contributed by atoms with van der Waals surface area (Å²) in [4.78, 5) is 34.1. The Kier molecular flexibility index (Phi) is 7.92. The SMILES string of the molecule is CCCN1C(=O)c2c(nc(C3(O)CC4OC(C3)C(CO)C4CO)n2CCC)[N+](CCC)(CCC)C1=O. The van der Waals surface area contributed by atoms with Crippen LogP contribution in [0.5, 0.6) is 0 Å². The molecule has 36 heavy (non-hydrogen) atoms. The number of amides is 3. The van der Waals surface area contributed by atoms with E-state index in [0.29, 0.717) is 49.9 Å². The minimum Gasteiger partial charge on any atom is -0.396 e. The third-order valence-corrected chi connectivity index (χ3v) is 8.27. The van der Waals surface area contributed by atoms with Gasteiger partial charge in [0.15, 0.2) is 5.69 Å². The molecule has 3 aliphatic heterocycles. The third-order valence-electron chi connectivity index (χ3n) is 8.27. The molecule has 1 aromatic heterocycles. The summed E-state index contributed by atoms with van der Waals surface area (Å²) in [6, 6.07) is -0.231. The number of aliphatic hydroxyl groups excluding tert-OH is 2. The lowest BCUT2D eigenvalue weighted by Crippen LogP contribution is -2.65. The number of fused-ring (bicyclic) bond motifs is 3. The number of carbonyl (C=O) groups is 2. The van der Waals surface area contributed by atoms with Gasteiger partial charge in [-0.15, -0.1) is 0 Å². The lowest BCUT2D eigenvalue weighted by molar-refractivity contribution is -0.131. The van der Waals surface area contributed by atoms with Crippen LogP contribution < -0.4 is 4.48 Å². The third kappa shape index (κ3) is 4.01. The van der Waals surface area contributed by atoms with Crippen LogP contribution in [-0.4, -0.2) is 86.8 Å². The Morgan fingerprint density at radius 1 is 0.944 bits per heavy atom. The van der Waals surface area contributed by atoms with Gasteiger partial charge < -0.3 is 24.6 Å². The van der Waals surface area contributed by atoms with Crippen molar-refractivity contribution in [3.05, 3.63) is 11.5 Å². The van der Waals surface area contributed by atoms with Crippen molar-refractivity contribution >= 4 is 17.8 Å². The Balaban J connectivity index is 1.91. The smallest absolute Gasteiger partial charge is 0.396 e. The second-order valence-corrected chi connectivity index (χ2v) is 10.8. The number of hydrogen-bond acceptors (Lipinski definition) is 7. The fourth-order valence-electron chi connectivity index (χ4n) is 6.80. The zero-order chi connectivity index (χ0) is 26.3. The molecular weight excluding hydrogens is 464 g/mol. The molecule has 4 rings (SSSR count). The van der Waals surface area contributed by atoms with Crippen LogP contribution in [0.2, 0.25) is 0 Å². The molecule has 0 saturated carbocycles. The topological polar surface area (TPSA) is 125 Å². The van der Waals surface area contributed by atoms with Crippen LogP contribution in [0, 0.1) is 11.8 Å². The van der Waals surface area contributed by atoms with E-state index in [1.54, 1.807) is 0 Å². The molecule has 3 aliphatic rings. The fourth-order valence-corrected chi connectivity index (χ4v) is 6.80. The van der Waals surface area contributed by atoms with Gasteiger partial charge >= 0.3 is 6.03 Å². The highest BCUT2D eigenvalue weighted by Gasteiger charge is 2.59. The molecule has 3 amide bonds. The molecule has 3 N–H and O–H groups in total. The van der Waals surface area contributed by atoms with Crippen molar-refractivity contribution in [2.75, 3.05) is 32.8 Å². The van der Waals surface area contributed by atoms with Crippen LogP contribution in [0.4, 0.5) is 10.6 Å². The number of nitrogens with zero attached hydrogens (tertiary/aromatic N) is 4. The minimum absolute atomic E-state index is 0.0181. The molecule has 4 heterocycles. The molecule has 202 valence electrons. The van der Waals surface area contributed by atoms with E-state index >= 15 is 0 Å². The van der Waals surface area contributed by atoms with Crippen molar-refractivity contribution < 1.29 is 29.6 Å². The molecule has 2 saturated heterocycles. The van der Waals surface area contributed by atoms with Gasteiger partial charge in [-0.25, -0.2) is 9.69 Å². The maximum absolute atomic E-state index is 13.9. The zero-order valence-electron chi connectivity index (χ0n) is 22.1. The van der Waals surface area contributed by atoms with Gasteiger partial charge in [-0.3, -0.25) is 4.79 Å². The van der Waals surface area contributed by atoms with E-state index in [4.69, 9.17) is 9.72 Å². The number of rotatable bonds is 11. The predicted octanol–water partition coefficient (Wildman–Crippen LogP) is 2.37. The number of quaternary nitrogens is 1. The first-order chi connectivity index (χ1) is 17.3. The summed E-state index contributed by atoms with van der Waals surface area (Å²) in [5.74, 6) is -0.0236. The summed E-state index contributed by atoms with van der Waals surface area (Å²) < 4.78 is 7.91. The number of aromatic nitrogens is 2. The lowest BCUT2D eigenvalue weighted by atomic mass is 9.88. The van der Waals surface area contributed by atoms with Crippen LogP contribution in [-0.2, 0) is 16.9 Å². The Labute approximate surface area is 213 Å². The van der Waals surface area contributed by atoms with Gasteiger partial charge in [-0.05, 0) is 25.7 Å². The van der Waals surface area contributed by atoms with Crippen molar-refractivity contribution in [3.63, 3.8) is 0 Å². The van der Waals surface area contributed by atoms with Gasteiger partial charge in [0.25, 0.3) is 11.7 Å². The quantitative estimate of drug-likeness (QED) is 0.393. The van der Waals surface area contributed by atoms with Crippen LogP contribution in [0.1, 0.15) is 82.5 Å². The summed E-state index contributed by atoms with van der Waals surface area (Å²) in [5.41, 5.74) is -0.990. The maximum Gasteiger partial charge on any atom is 0.432 e. The average Bonchev–Trinajstić information content (AvgIpc) is 3.36. The van der Waals surface area contributed by atoms with Crippen molar-refractivity contribution in [3.8, 4) is 0 Å². The molecule has 0 aromatic carbocycles. The number of carbonyl (C=O) groups excluding carboxylic acids is 2. The molecule has 4 unspecified atom stereocenters. The summed E-state index contributed by atoms with van der Waals surface area (Å²) in [7, 11) is 0. The number of imide groups is 1. The van der Waals surface area contributed by atoms with Gasteiger partial charge in [0.2, 0.25) is 0 Å². The molecular formula is C26H43N4O6+. The van der Waals surface area contributed by atoms with Crippen molar-refractivity contribution in [1.29, 1.82) is 0 Å². The molecule has 10 heteroatoms. The number of urea groups is 1. The van der Waals surface area contributed by atoms with E-state index < -0.39 is 17.8 Å². The van der Waals surface area contributed by atoms with E-state index in [-0.39, 0.29) is 54.3 Å². The summed E-state index contributed by atoms with van der Waals surface area (Å²) in [5, 5.41) is 32.1. The molecule has 0 aliphatic carbocycles. The van der Waals surface area contributed by atoms with Crippen molar-refractivity contribution in [2.45, 2.75) is 90.6 Å². The van der Waals surface area contributed by atoms with E-state index in [0.717, 1.165) is 19.3 Å². The number of ether oxygens (including phenoxy) is 1. The number of hydrogen-bond donors (Lipinski definition) is 3. The van der Waals surface area contributed by atoms with Crippen molar-refractivity contribution in [1.82, 2.24) is 18.9 Å². The monoisotopic (exact) mass is 507 g/mol. The van der Waals surface area contributed by atoms with E-state index in [9.17, 15) is 24.9 Å². The summed E-state index contributed by atoms with van der Waals surface area (Å²) >= 11 is 0. The standard InChI is InChI=1S/C26H43N4O6/c1-5-9-28-21-22(30(11-7-3,12-8-4)25(34)29(10-6-2)23(21)33)27-24(28)26(35)13-19-17(15-31)18(16-32)20(14-26)36-19/h17-20,31-32,35H,5-16H2,1-4H3/q+1. The lowest BCUT2D eigenvalue weighted by Gasteiger charge is -2.40. The number of imidazole rings is 1. The fraction of sp³-hybridized carbons (Fsp3) is 0.808. The van der Waals surface area contributed by atoms with Crippen LogP contribution in [0.15, 0.2) is 0 Å². The first-order valence-electron chi connectivity index (χ1n) is 13.7. The summed E-state index contributed by atoms with van der Waals surface area (Å²) in [6.45, 7) is 9.65. The number of aliphatic hydroxyl groups is 3. The molecule has 2 bridgehead atoms. The van der Waals surface area contributed by atoms with Gasteiger partial charge in [0.05, 0.1) is 25.3 Å². The van der Waals surface area contributed by atoms with Crippen LogP contribution >= 0.6 is 0 Å². The van der Waals surface area contributed by atoms with E-state index in [1.165, 1.54) is 4.90 Å². The van der Waals surface area contributed by atoms with Gasteiger partial charge in [-0.2, -0.15) is 9.47 Å². The highest BCUT2D eigenvalue weighted by atomic mass is 16.5. The van der Waals surface area contributed by atoms with Gasteiger partial charge in [0, 0.05) is 51.0 Å². The van der Waals surface area contributed by atoms with E-state index in [2.05, 4.69) is 0 Å². The summed E-state index contributed by atoms with van der Waals surface area (Å²) in [6.07, 6.45) is 2.47. The molecule has 4 atom stereocenters. The second-order valence-electron chi connectivity index (χ2n) is 10.8. The highest BCUT2D eigenvalue weighted by Crippen LogP contribution is 2.50. The highest BCUT2D eigenvalue weighted by molar-refractivity contribution is 6.13. The Hall–Kier alpha value is -1.85. The van der Waals surface area contributed by atoms with Crippen molar-refractivity contribution in [2.24, 2.45) is 11.8 Å². The molecule has 0 radical (unpaired) electrons. The minimum atomic E-state index is -1.40. The first-order valence-corrected chi connectivity index (χ1v) is 13.7. The Bertz CT molecular complexity index is 954. The zero-order valence-corrected chi connectivity index (χ0v) is 22.1. The first kappa shape index (κ1) is 27.2. The average molecular weight is 508 g/mol. The molecule has 0 spiro atoms. The second kappa shape index (κ2) is 10.5. The normalized spacial score (nSPS) is 31.2. The maximum atomic E-state index is 13.9. The largest absolute Gasteiger partial charge is 0.432 e. The van der Waals surface area contributed by atoms with Crippen LogP contribution in [0.25, 0.3) is 0 Å². The Morgan fingerprint density at radius 2 is 1.50 bits per heavy atom. The Morgan fingerprint density at radius 3 is 1.97 bits per heavy atom. The van der Waals surface area contributed by atoms with Gasteiger partial charge in [0.1, 0.15) is 11.4 Å². The van der Waals surface area contributed by atoms with Gasteiger partial charge in [-0.1, -0.05) is 27.7 Å². The molecule has 10 nitrogen and oxygen atoms in total.